The van der Waals surface area contributed by atoms with Gasteiger partial charge in [-0.15, -0.1) is 0 Å². The summed E-state index contributed by atoms with van der Waals surface area (Å²) >= 11 is 0. The summed E-state index contributed by atoms with van der Waals surface area (Å²) in [4.78, 5) is 40.4. The van der Waals surface area contributed by atoms with Crippen molar-refractivity contribution in [1.82, 2.24) is 10.2 Å². The maximum atomic E-state index is 13.3. The summed E-state index contributed by atoms with van der Waals surface area (Å²) in [5, 5.41) is 5.95. The third-order valence-electron chi connectivity index (χ3n) is 6.26. The maximum Gasteiger partial charge on any atom is 0.255 e. The molecule has 35 heavy (non-hydrogen) atoms. The molecule has 0 spiro atoms. The van der Waals surface area contributed by atoms with Gasteiger partial charge >= 0.3 is 0 Å². The Morgan fingerprint density at radius 1 is 0.829 bits per heavy atom. The summed E-state index contributed by atoms with van der Waals surface area (Å²) < 4.78 is 5.14. The van der Waals surface area contributed by atoms with Crippen molar-refractivity contribution < 1.29 is 19.1 Å². The van der Waals surface area contributed by atoms with Gasteiger partial charge in [0.1, 0.15) is 5.75 Å². The summed E-state index contributed by atoms with van der Waals surface area (Å²) in [5.74, 6) is 0.139. The van der Waals surface area contributed by atoms with Crippen LogP contribution in [-0.4, -0.2) is 48.9 Å². The van der Waals surface area contributed by atoms with Crippen molar-refractivity contribution in [2.45, 2.75) is 25.8 Å². The minimum absolute atomic E-state index is 0.0103. The Bertz CT molecular complexity index is 1210. The first-order chi connectivity index (χ1) is 17.0. The molecule has 3 aromatic carbocycles. The monoisotopic (exact) mass is 471 g/mol. The highest BCUT2D eigenvalue weighted by molar-refractivity contribution is 6.09. The summed E-state index contributed by atoms with van der Waals surface area (Å²) in [7, 11) is 1.57. The van der Waals surface area contributed by atoms with Gasteiger partial charge in [-0.05, 0) is 67.8 Å². The zero-order valence-corrected chi connectivity index (χ0v) is 19.9. The molecule has 4 rings (SSSR count). The van der Waals surface area contributed by atoms with Crippen LogP contribution < -0.4 is 15.4 Å². The van der Waals surface area contributed by atoms with E-state index in [1.165, 1.54) is 0 Å². The third-order valence-corrected chi connectivity index (χ3v) is 6.26. The zero-order chi connectivity index (χ0) is 24.8. The van der Waals surface area contributed by atoms with E-state index < -0.39 is 0 Å². The van der Waals surface area contributed by atoms with Gasteiger partial charge in [-0.25, -0.2) is 0 Å². The number of rotatable bonds is 6. The Labute approximate surface area is 205 Å². The van der Waals surface area contributed by atoms with Crippen molar-refractivity contribution >= 4 is 23.4 Å². The van der Waals surface area contributed by atoms with Crippen molar-refractivity contribution in [3.8, 4) is 5.75 Å². The number of carbonyl (C=O) groups is 3. The number of amides is 3. The molecule has 1 saturated heterocycles. The van der Waals surface area contributed by atoms with Crippen LogP contribution in [0, 0.1) is 6.92 Å². The van der Waals surface area contributed by atoms with Gasteiger partial charge in [0.2, 0.25) is 0 Å². The molecule has 0 aromatic heterocycles. The molecule has 0 saturated carbocycles. The standard InChI is InChI=1S/C28H29N3O4/c1-19-7-3-4-8-23(19)27(33)29-21-15-17-31(18-16-21)28(34)24-9-5-6-10-25(24)30-26(32)20-11-13-22(35-2)14-12-20/h3-14,21H,15-18H2,1-2H3,(H,29,33)(H,30,32). The molecule has 1 heterocycles. The largest absolute Gasteiger partial charge is 0.497 e. The fraction of sp³-hybridized carbons (Fsp3) is 0.250. The second kappa shape index (κ2) is 10.9. The molecule has 2 N–H and O–H groups in total. The number of piperidine rings is 1. The normalized spacial score (nSPS) is 13.7. The first kappa shape index (κ1) is 24.0. The second-order valence-electron chi connectivity index (χ2n) is 8.58. The molecule has 0 bridgehead atoms. The summed E-state index contributed by atoms with van der Waals surface area (Å²) in [5.41, 5.74) is 2.99. The number of methoxy groups -OCH3 is 1. The SMILES string of the molecule is COc1ccc(C(=O)Nc2ccccc2C(=O)N2CCC(NC(=O)c3ccccc3C)CC2)cc1. The number of benzene rings is 3. The van der Waals surface area contributed by atoms with E-state index >= 15 is 0 Å². The molecule has 1 fully saturated rings. The van der Waals surface area contributed by atoms with Crippen LogP contribution in [0.4, 0.5) is 5.69 Å². The Morgan fingerprint density at radius 2 is 1.46 bits per heavy atom. The topological polar surface area (TPSA) is 87.7 Å². The molecule has 0 aliphatic carbocycles. The van der Waals surface area contributed by atoms with E-state index in [0.29, 0.717) is 54.1 Å². The lowest BCUT2D eigenvalue weighted by molar-refractivity contribution is 0.0699. The maximum absolute atomic E-state index is 13.3. The summed E-state index contributed by atoms with van der Waals surface area (Å²) in [6.07, 6.45) is 1.34. The molecular weight excluding hydrogens is 442 g/mol. The van der Waals surface area contributed by atoms with E-state index in [1.54, 1.807) is 60.5 Å². The number of carbonyl (C=O) groups excluding carboxylic acids is 3. The molecule has 0 atom stereocenters. The van der Waals surface area contributed by atoms with Crippen LogP contribution in [0.2, 0.25) is 0 Å². The van der Waals surface area contributed by atoms with Crippen LogP contribution in [0.5, 0.6) is 5.75 Å². The minimum atomic E-state index is -0.300. The lowest BCUT2D eigenvalue weighted by Gasteiger charge is -2.33. The fourth-order valence-corrected chi connectivity index (χ4v) is 4.20. The lowest BCUT2D eigenvalue weighted by atomic mass is 10.0. The molecule has 0 unspecified atom stereocenters. The highest BCUT2D eigenvalue weighted by Gasteiger charge is 2.26. The van der Waals surface area contributed by atoms with E-state index in [4.69, 9.17) is 4.74 Å². The molecule has 3 amide bonds. The van der Waals surface area contributed by atoms with Gasteiger partial charge in [-0.3, -0.25) is 14.4 Å². The minimum Gasteiger partial charge on any atom is -0.497 e. The summed E-state index contributed by atoms with van der Waals surface area (Å²) in [6, 6.07) is 21.3. The van der Waals surface area contributed by atoms with Gasteiger partial charge < -0.3 is 20.3 Å². The number of aryl methyl sites for hydroxylation is 1. The summed E-state index contributed by atoms with van der Waals surface area (Å²) in [6.45, 7) is 2.97. The molecule has 0 radical (unpaired) electrons. The first-order valence-corrected chi connectivity index (χ1v) is 11.7. The fourth-order valence-electron chi connectivity index (χ4n) is 4.20. The van der Waals surface area contributed by atoms with E-state index in [9.17, 15) is 14.4 Å². The zero-order valence-electron chi connectivity index (χ0n) is 19.9. The second-order valence-corrected chi connectivity index (χ2v) is 8.58. The van der Waals surface area contributed by atoms with Crippen molar-refractivity contribution in [1.29, 1.82) is 0 Å². The first-order valence-electron chi connectivity index (χ1n) is 11.7. The molecule has 3 aromatic rings. The number of likely N-dealkylation sites (tertiary alicyclic amines) is 1. The third kappa shape index (κ3) is 5.69. The Kier molecular flexibility index (Phi) is 7.45. The van der Waals surface area contributed by atoms with E-state index in [2.05, 4.69) is 10.6 Å². The van der Waals surface area contributed by atoms with Crippen molar-refractivity contribution in [2.75, 3.05) is 25.5 Å². The predicted octanol–water partition coefficient (Wildman–Crippen LogP) is 4.29. The van der Waals surface area contributed by atoms with Gasteiger partial charge in [0.15, 0.2) is 0 Å². The number of nitrogens with zero attached hydrogens (tertiary/aromatic N) is 1. The predicted molar refractivity (Wildman–Crippen MR) is 135 cm³/mol. The molecule has 7 heteroatoms. The van der Waals surface area contributed by atoms with Crippen molar-refractivity contribution in [3.05, 3.63) is 95.1 Å². The molecule has 180 valence electrons. The van der Waals surface area contributed by atoms with Crippen molar-refractivity contribution in [2.24, 2.45) is 0 Å². The van der Waals surface area contributed by atoms with Crippen LogP contribution >= 0.6 is 0 Å². The van der Waals surface area contributed by atoms with Crippen LogP contribution in [0.1, 0.15) is 49.5 Å². The van der Waals surface area contributed by atoms with Gasteiger partial charge in [0, 0.05) is 30.3 Å². The average Bonchev–Trinajstić information content (AvgIpc) is 2.89. The molecular formula is C28H29N3O4. The van der Waals surface area contributed by atoms with Gasteiger partial charge in [-0.1, -0.05) is 30.3 Å². The van der Waals surface area contributed by atoms with Crippen LogP contribution in [0.3, 0.4) is 0 Å². The Balaban J connectivity index is 1.37. The van der Waals surface area contributed by atoms with Crippen molar-refractivity contribution in [3.63, 3.8) is 0 Å². The number of hydrogen-bond donors (Lipinski definition) is 2. The van der Waals surface area contributed by atoms with E-state index in [0.717, 1.165) is 5.56 Å². The Hall–Kier alpha value is -4.13. The van der Waals surface area contributed by atoms with Gasteiger partial charge in [-0.2, -0.15) is 0 Å². The smallest absolute Gasteiger partial charge is 0.255 e. The van der Waals surface area contributed by atoms with E-state index in [-0.39, 0.29) is 23.8 Å². The van der Waals surface area contributed by atoms with Gasteiger partial charge in [0.05, 0.1) is 18.4 Å². The van der Waals surface area contributed by atoms with Crippen LogP contribution in [0.25, 0.3) is 0 Å². The highest BCUT2D eigenvalue weighted by atomic mass is 16.5. The Morgan fingerprint density at radius 3 is 2.11 bits per heavy atom. The molecule has 1 aliphatic heterocycles. The number of hydrogen-bond acceptors (Lipinski definition) is 4. The van der Waals surface area contributed by atoms with Crippen LogP contribution in [-0.2, 0) is 0 Å². The van der Waals surface area contributed by atoms with Crippen LogP contribution in [0.15, 0.2) is 72.8 Å². The highest BCUT2D eigenvalue weighted by Crippen LogP contribution is 2.22. The number of anilines is 1. The number of para-hydroxylation sites is 1. The van der Waals surface area contributed by atoms with E-state index in [1.807, 2.05) is 31.2 Å². The molecule has 7 nitrogen and oxygen atoms in total. The number of nitrogens with one attached hydrogen (secondary N) is 2. The number of ether oxygens (including phenoxy) is 1. The van der Waals surface area contributed by atoms with Gasteiger partial charge in [0.25, 0.3) is 17.7 Å². The molecule has 1 aliphatic rings. The average molecular weight is 472 g/mol. The quantitative estimate of drug-likeness (QED) is 0.561. The lowest BCUT2D eigenvalue weighted by Crippen LogP contribution is -2.46.